The highest BCUT2D eigenvalue weighted by Gasteiger charge is 2.68. The molecule has 3 aliphatic heterocycles. The van der Waals surface area contributed by atoms with Crippen LogP contribution in [-0.4, -0.2) is 111 Å². The summed E-state index contributed by atoms with van der Waals surface area (Å²) in [7, 11) is 0. The van der Waals surface area contributed by atoms with Gasteiger partial charge in [-0.2, -0.15) is 0 Å². The zero-order chi connectivity index (χ0) is 33.6. The zero-order valence-electron chi connectivity index (χ0n) is 28.1. The molecule has 18 unspecified atom stereocenters. The predicted molar refractivity (Wildman–Crippen MR) is 166 cm³/mol. The maximum Gasteiger partial charge on any atom is 0.331 e. The molecule has 7 aliphatic rings. The molecule has 0 aromatic heterocycles. The smallest absolute Gasteiger partial charge is 0.331 e. The number of rotatable bonds is 5. The monoisotopic (exact) mass is 665 g/mol. The van der Waals surface area contributed by atoms with Gasteiger partial charge in [-0.1, -0.05) is 13.8 Å². The molecule has 2 saturated heterocycles. The number of esters is 1. The molecule has 0 aromatic rings. The first-order chi connectivity index (χ1) is 22.2. The van der Waals surface area contributed by atoms with Gasteiger partial charge in [0.05, 0.1) is 30.0 Å². The molecule has 12 nitrogen and oxygen atoms in total. The summed E-state index contributed by atoms with van der Waals surface area (Å²) in [6.07, 6.45) is -0.454. The van der Waals surface area contributed by atoms with E-state index in [0.717, 1.165) is 63.4 Å². The normalized spacial score (nSPS) is 56.3. The van der Waals surface area contributed by atoms with Crippen LogP contribution in [0.5, 0.6) is 0 Å². The quantitative estimate of drug-likeness (QED) is 0.183. The third kappa shape index (κ3) is 5.36. The fraction of sp³-hybridized carbons (Fsp3) is 0.914. The molecule has 4 saturated carbocycles. The molecule has 7 N–H and O–H groups in total. The van der Waals surface area contributed by atoms with Crippen LogP contribution in [0.1, 0.15) is 85.5 Å². The predicted octanol–water partition coefficient (Wildman–Crippen LogP) is 1.27. The average Bonchev–Trinajstić information content (AvgIpc) is 3.58. The zero-order valence-corrected chi connectivity index (χ0v) is 28.1. The lowest BCUT2D eigenvalue weighted by Crippen LogP contribution is -2.65. The first kappa shape index (κ1) is 34.3. The van der Waals surface area contributed by atoms with Crippen LogP contribution in [0.25, 0.3) is 0 Å². The fourth-order valence-corrected chi connectivity index (χ4v) is 11.3. The van der Waals surface area contributed by atoms with Gasteiger partial charge in [0.25, 0.3) is 0 Å². The first-order valence-electron chi connectivity index (χ1n) is 17.9. The van der Waals surface area contributed by atoms with Crippen molar-refractivity contribution in [3.8, 4) is 0 Å². The van der Waals surface area contributed by atoms with Gasteiger partial charge in [0.1, 0.15) is 37.1 Å². The second-order valence-corrected chi connectivity index (χ2v) is 16.4. The highest BCUT2D eigenvalue weighted by atomic mass is 16.7. The molecule has 266 valence electrons. The van der Waals surface area contributed by atoms with Crippen molar-refractivity contribution in [2.75, 3.05) is 6.61 Å². The number of cyclic esters (lactones) is 1. The minimum atomic E-state index is -1.52. The summed E-state index contributed by atoms with van der Waals surface area (Å²) in [5.41, 5.74) is 6.46. The number of hydrogen-bond donors (Lipinski definition) is 6. The van der Waals surface area contributed by atoms with Crippen LogP contribution < -0.4 is 5.73 Å². The summed E-state index contributed by atoms with van der Waals surface area (Å²) >= 11 is 0. The van der Waals surface area contributed by atoms with Gasteiger partial charge in [-0.15, -0.1) is 0 Å². The third-order valence-corrected chi connectivity index (χ3v) is 14.2. The SMILES string of the molecule is CC1OC(OC2CCC3(C)C(CCC4C3CCC3(C)C(C5=CC(=O)OC5)CCC43O)C2)C(O)C(OC2OC(C)C(O)C(O)C2O)C1N. The largest absolute Gasteiger partial charge is 0.458 e. The molecule has 0 bridgehead atoms. The van der Waals surface area contributed by atoms with Crippen molar-refractivity contribution in [3.63, 3.8) is 0 Å². The number of ether oxygens (including phenoxy) is 5. The van der Waals surface area contributed by atoms with Gasteiger partial charge in [0.15, 0.2) is 12.6 Å². The maximum atomic E-state index is 12.5. The van der Waals surface area contributed by atoms with Crippen molar-refractivity contribution in [2.45, 2.75) is 159 Å². The van der Waals surface area contributed by atoms with E-state index in [0.29, 0.717) is 18.4 Å². The molecule has 47 heavy (non-hydrogen) atoms. The lowest BCUT2D eigenvalue weighted by atomic mass is 9.43. The van der Waals surface area contributed by atoms with Gasteiger partial charge in [-0.25, -0.2) is 4.79 Å². The standard InChI is InChI=1S/C35H55NO11/c1-16-25(36)30(47-31-28(40)27(39)26(38)17(2)45-31)29(41)32(44-16)46-20-7-10-33(3)19(14-20)5-6-23-22(33)8-11-34(4)21(9-12-35(23,34)42)18-13-24(37)43-15-18/h13,16-17,19-23,25-32,38-42H,5-12,14-15,36H2,1-4H3. The van der Waals surface area contributed by atoms with Crippen LogP contribution in [0.15, 0.2) is 11.6 Å². The van der Waals surface area contributed by atoms with Gasteiger partial charge in [0.2, 0.25) is 0 Å². The second-order valence-electron chi connectivity index (χ2n) is 16.4. The van der Waals surface area contributed by atoms with Crippen molar-refractivity contribution in [2.24, 2.45) is 40.2 Å². The fourth-order valence-electron chi connectivity index (χ4n) is 11.3. The van der Waals surface area contributed by atoms with Crippen molar-refractivity contribution < 1.29 is 54.0 Å². The highest BCUT2D eigenvalue weighted by Crippen LogP contribution is 2.70. The van der Waals surface area contributed by atoms with E-state index in [4.69, 9.17) is 29.4 Å². The molecule has 0 amide bonds. The minimum Gasteiger partial charge on any atom is -0.458 e. The molecule has 0 aromatic carbocycles. The van der Waals surface area contributed by atoms with Crippen LogP contribution in [-0.2, 0) is 28.5 Å². The summed E-state index contributed by atoms with van der Waals surface area (Å²) in [5, 5.41) is 54.7. The number of carbonyl (C=O) groups is 1. The van der Waals surface area contributed by atoms with E-state index in [1.807, 2.05) is 0 Å². The number of aliphatic hydroxyl groups excluding tert-OH is 4. The Bertz CT molecular complexity index is 1230. The van der Waals surface area contributed by atoms with Gasteiger partial charge in [-0.05, 0) is 106 Å². The van der Waals surface area contributed by atoms with Gasteiger partial charge in [0, 0.05) is 11.5 Å². The Balaban J connectivity index is 1.01. The number of nitrogens with two attached hydrogens (primary N) is 1. The Kier molecular flexibility index (Phi) is 8.93. The minimum absolute atomic E-state index is 0.0630. The Hall–Kier alpha value is -1.19. The van der Waals surface area contributed by atoms with E-state index < -0.39 is 67.0 Å². The van der Waals surface area contributed by atoms with E-state index in [1.165, 1.54) is 0 Å². The molecule has 4 aliphatic carbocycles. The van der Waals surface area contributed by atoms with Crippen molar-refractivity contribution in [1.29, 1.82) is 0 Å². The van der Waals surface area contributed by atoms with Crippen molar-refractivity contribution in [1.82, 2.24) is 0 Å². The van der Waals surface area contributed by atoms with Crippen LogP contribution in [0.4, 0.5) is 0 Å². The average molecular weight is 666 g/mol. The number of aliphatic hydroxyl groups is 5. The van der Waals surface area contributed by atoms with Gasteiger partial charge in [-0.3, -0.25) is 0 Å². The Labute approximate surface area is 276 Å². The maximum absolute atomic E-state index is 12.5. The van der Waals surface area contributed by atoms with Crippen LogP contribution >= 0.6 is 0 Å². The summed E-state index contributed by atoms with van der Waals surface area (Å²) in [5.74, 6) is 0.933. The molecule has 18 atom stereocenters. The van der Waals surface area contributed by atoms with Crippen LogP contribution in [0.3, 0.4) is 0 Å². The Morgan fingerprint density at radius 3 is 2.28 bits per heavy atom. The van der Waals surface area contributed by atoms with Gasteiger partial charge < -0.3 is 55.0 Å². The highest BCUT2D eigenvalue weighted by molar-refractivity contribution is 5.85. The number of fused-ring (bicyclic) bond motifs is 5. The van der Waals surface area contributed by atoms with Crippen molar-refractivity contribution in [3.05, 3.63) is 11.6 Å². The molecule has 3 heterocycles. The Morgan fingerprint density at radius 1 is 0.830 bits per heavy atom. The van der Waals surface area contributed by atoms with E-state index in [1.54, 1.807) is 19.9 Å². The van der Waals surface area contributed by atoms with E-state index in [9.17, 15) is 30.3 Å². The number of carbonyl (C=O) groups excluding carboxylic acids is 1. The topological polar surface area (TPSA) is 190 Å². The van der Waals surface area contributed by atoms with E-state index in [-0.39, 0.29) is 34.7 Å². The number of hydrogen-bond acceptors (Lipinski definition) is 12. The summed E-state index contributed by atoms with van der Waals surface area (Å²) in [4.78, 5) is 11.9. The summed E-state index contributed by atoms with van der Waals surface area (Å²) in [6.45, 7) is 8.36. The first-order valence-corrected chi connectivity index (χ1v) is 17.9. The third-order valence-electron chi connectivity index (χ3n) is 14.2. The molecule has 7 rings (SSSR count). The van der Waals surface area contributed by atoms with Crippen LogP contribution in [0, 0.1) is 34.5 Å². The second kappa shape index (κ2) is 12.2. The molecule has 0 radical (unpaired) electrons. The lowest BCUT2D eigenvalue weighted by Gasteiger charge is -2.64. The molecular formula is C35H55NO11. The lowest BCUT2D eigenvalue weighted by molar-refractivity contribution is -0.345. The van der Waals surface area contributed by atoms with Crippen LogP contribution in [0.2, 0.25) is 0 Å². The molecule has 6 fully saturated rings. The van der Waals surface area contributed by atoms with Gasteiger partial charge >= 0.3 is 5.97 Å². The van der Waals surface area contributed by atoms with E-state index in [2.05, 4.69) is 13.8 Å². The molecular weight excluding hydrogens is 610 g/mol. The van der Waals surface area contributed by atoms with E-state index >= 15 is 0 Å². The molecule has 0 spiro atoms. The summed E-state index contributed by atoms with van der Waals surface area (Å²) < 4.78 is 29.4. The summed E-state index contributed by atoms with van der Waals surface area (Å²) in [6, 6.07) is -0.749. The Morgan fingerprint density at radius 2 is 1.55 bits per heavy atom. The van der Waals surface area contributed by atoms with Crippen molar-refractivity contribution >= 4 is 5.97 Å². The molecule has 12 heteroatoms.